The third kappa shape index (κ3) is 2.93. The van der Waals surface area contributed by atoms with Crippen molar-refractivity contribution in [1.82, 2.24) is 4.98 Å². The van der Waals surface area contributed by atoms with Crippen molar-refractivity contribution in [3.05, 3.63) is 59.4 Å². The van der Waals surface area contributed by atoms with Gasteiger partial charge < -0.3 is 10.5 Å². The van der Waals surface area contributed by atoms with E-state index in [2.05, 4.69) is 24.9 Å². The summed E-state index contributed by atoms with van der Waals surface area (Å²) in [5, 5.41) is 0. The SMILES string of the molecule is COc1ccc(C)cc1C(N)C(C)c1ccccn1. The zero-order valence-electron chi connectivity index (χ0n) is 11.6. The number of nitrogens with two attached hydrogens (primary N) is 1. The Balaban J connectivity index is 2.33. The largest absolute Gasteiger partial charge is 0.496 e. The van der Waals surface area contributed by atoms with Crippen LogP contribution in [0.3, 0.4) is 0 Å². The van der Waals surface area contributed by atoms with Gasteiger partial charge in [-0.2, -0.15) is 0 Å². The molecule has 0 bridgehead atoms. The molecule has 0 aliphatic heterocycles. The molecule has 0 saturated carbocycles. The number of benzene rings is 1. The van der Waals surface area contributed by atoms with E-state index in [0.29, 0.717) is 0 Å². The fourth-order valence-corrected chi connectivity index (χ4v) is 2.21. The van der Waals surface area contributed by atoms with Crippen LogP contribution in [0.25, 0.3) is 0 Å². The summed E-state index contributed by atoms with van der Waals surface area (Å²) in [7, 11) is 1.67. The molecule has 1 aromatic carbocycles. The molecular weight excluding hydrogens is 236 g/mol. The fourth-order valence-electron chi connectivity index (χ4n) is 2.21. The van der Waals surface area contributed by atoms with Gasteiger partial charge in [0.25, 0.3) is 0 Å². The number of aromatic nitrogens is 1. The van der Waals surface area contributed by atoms with Gasteiger partial charge in [-0.3, -0.25) is 4.98 Å². The summed E-state index contributed by atoms with van der Waals surface area (Å²) in [6.07, 6.45) is 1.80. The van der Waals surface area contributed by atoms with Gasteiger partial charge in [0.15, 0.2) is 0 Å². The van der Waals surface area contributed by atoms with Crippen LogP contribution in [-0.2, 0) is 0 Å². The second-order valence-corrected chi connectivity index (χ2v) is 4.81. The molecule has 0 aliphatic rings. The zero-order chi connectivity index (χ0) is 13.8. The summed E-state index contributed by atoms with van der Waals surface area (Å²) in [6, 6.07) is 11.9. The van der Waals surface area contributed by atoms with Crippen molar-refractivity contribution in [2.24, 2.45) is 5.73 Å². The van der Waals surface area contributed by atoms with Gasteiger partial charge in [-0.15, -0.1) is 0 Å². The van der Waals surface area contributed by atoms with Gasteiger partial charge in [-0.05, 0) is 25.1 Å². The Morgan fingerprint density at radius 1 is 1.21 bits per heavy atom. The summed E-state index contributed by atoms with van der Waals surface area (Å²) in [5.74, 6) is 0.970. The molecule has 2 aromatic rings. The van der Waals surface area contributed by atoms with Crippen LogP contribution in [0.4, 0.5) is 0 Å². The highest BCUT2D eigenvalue weighted by Gasteiger charge is 2.21. The molecule has 19 heavy (non-hydrogen) atoms. The van der Waals surface area contributed by atoms with Gasteiger partial charge in [-0.25, -0.2) is 0 Å². The Labute approximate surface area is 114 Å². The molecule has 2 rings (SSSR count). The summed E-state index contributed by atoms with van der Waals surface area (Å²) >= 11 is 0. The van der Waals surface area contributed by atoms with E-state index in [1.807, 2.05) is 30.3 Å². The summed E-state index contributed by atoms with van der Waals surface area (Å²) in [4.78, 5) is 4.38. The first-order chi connectivity index (χ1) is 9.13. The van der Waals surface area contributed by atoms with E-state index in [4.69, 9.17) is 10.5 Å². The predicted molar refractivity (Wildman–Crippen MR) is 77.3 cm³/mol. The van der Waals surface area contributed by atoms with Gasteiger partial charge in [-0.1, -0.05) is 30.7 Å². The number of aryl methyl sites for hydroxylation is 1. The molecule has 0 spiro atoms. The van der Waals surface area contributed by atoms with Gasteiger partial charge in [0.05, 0.1) is 7.11 Å². The third-order valence-corrected chi connectivity index (χ3v) is 3.44. The van der Waals surface area contributed by atoms with Crippen molar-refractivity contribution >= 4 is 0 Å². The second-order valence-electron chi connectivity index (χ2n) is 4.81. The van der Waals surface area contributed by atoms with Crippen molar-refractivity contribution in [2.45, 2.75) is 25.8 Å². The molecule has 0 radical (unpaired) electrons. The first kappa shape index (κ1) is 13.6. The zero-order valence-corrected chi connectivity index (χ0v) is 11.6. The molecule has 3 nitrogen and oxygen atoms in total. The normalized spacial score (nSPS) is 13.9. The molecule has 0 saturated heterocycles. The molecule has 1 heterocycles. The van der Waals surface area contributed by atoms with Crippen molar-refractivity contribution in [3.63, 3.8) is 0 Å². The molecule has 1 aromatic heterocycles. The number of pyridine rings is 1. The van der Waals surface area contributed by atoms with E-state index in [0.717, 1.165) is 17.0 Å². The van der Waals surface area contributed by atoms with E-state index >= 15 is 0 Å². The highest BCUT2D eigenvalue weighted by Crippen LogP contribution is 2.33. The molecule has 3 heteroatoms. The number of hydrogen-bond donors (Lipinski definition) is 1. The first-order valence-corrected chi connectivity index (χ1v) is 6.44. The minimum Gasteiger partial charge on any atom is -0.496 e. The van der Waals surface area contributed by atoms with Crippen molar-refractivity contribution in [2.75, 3.05) is 7.11 Å². The highest BCUT2D eigenvalue weighted by molar-refractivity contribution is 5.40. The smallest absolute Gasteiger partial charge is 0.123 e. The maximum atomic E-state index is 6.40. The molecule has 0 fully saturated rings. The number of nitrogens with zero attached hydrogens (tertiary/aromatic N) is 1. The van der Waals surface area contributed by atoms with Crippen molar-refractivity contribution < 1.29 is 4.74 Å². The monoisotopic (exact) mass is 256 g/mol. The number of ether oxygens (including phenoxy) is 1. The number of rotatable bonds is 4. The highest BCUT2D eigenvalue weighted by atomic mass is 16.5. The predicted octanol–water partition coefficient (Wildman–Crippen LogP) is 3.20. The summed E-state index contributed by atoms with van der Waals surface area (Å²) in [5.41, 5.74) is 9.60. The minimum absolute atomic E-state index is 0.134. The summed E-state index contributed by atoms with van der Waals surface area (Å²) < 4.78 is 5.41. The third-order valence-electron chi connectivity index (χ3n) is 3.44. The molecule has 100 valence electrons. The van der Waals surface area contributed by atoms with E-state index < -0.39 is 0 Å². The van der Waals surface area contributed by atoms with E-state index in [9.17, 15) is 0 Å². The lowest BCUT2D eigenvalue weighted by atomic mass is 9.91. The number of methoxy groups -OCH3 is 1. The van der Waals surface area contributed by atoms with E-state index in [1.54, 1.807) is 13.3 Å². The van der Waals surface area contributed by atoms with Gasteiger partial charge in [0, 0.05) is 29.4 Å². The Hall–Kier alpha value is -1.87. The van der Waals surface area contributed by atoms with E-state index in [-0.39, 0.29) is 12.0 Å². The van der Waals surface area contributed by atoms with Crippen molar-refractivity contribution in [1.29, 1.82) is 0 Å². The average molecular weight is 256 g/mol. The van der Waals surface area contributed by atoms with Crippen LogP contribution in [0.5, 0.6) is 5.75 Å². The average Bonchev–Trinajstić information content (AvgIpc) is 2.46. The van der Waals surface area contributed by atoms with Crippen molar-refractivity contribution in [3.8, 4) is 5.75 Å². The van der Waals surface area contributed by atoms with Gasteiger partial charge in [0.2, 0.25) is 0 Å². The van der Waals surface area contributed by atoms with E-state index in [1.165, 1.54) is 5.56 Å². The molecule has 2 unspecified atom stereocenters. The Kier molecular flexibility index (Phi) is 4.17. The lowest BCUT2D eigenvalue weighted by Crippen LogP contribution is -2.19. The van der Waals surface area contributed by atoms with Crippen LogP contribution in [0.2, 0.25) is 0 Å². The summed E-state index contributed by atoms with van der Waals surface area (Å²) in [6.45, 7) is 4.15. The molecule has 2 atom stereocenters. The van der Waals surface area contributed by atoms with Crippen LogP contribution >= 0.6 is 0 Å². The Bertz CT molecular complexity index is 540. The van der Waals surface area contributed by atoms with Crippen LogP contribution < -0.4 is 10.5 Å². The molecule has 0 aliphatic carbocycles. The Morgan fingerprint density at radius 2 is 2.00 bits per heavy atom. The quantitative estimate of drug-likeness (QED) is 0.913. The molecular formula is C16H20N2O. The molecule has 0 amide bonds. The van der Waals surface area contributed by atoms with Crippen LogP contribution in [0, 0.1) is 6.92 Å². The van der Waals surface area contributed by atoms with Gasteiger partial charge >= 0.3 is 0 Å². The van der Waals surface area contributed by atoms with Crippen LogP contribution in [0.1, 0.15) is 35.7 Å². The second kappa shape index (κ2) is 5.85. The van der Waals surface area contributed by atoms with Crippen LogP contribution in [0.15, 0.2) is 42.6 Å². The minimum atomic E-state index is -0.134. The van der Waals surface area contributed by atoms with Crippen LogP contribution in [-0.4, -0.2) is 12.1 Å². The maximum Gasteiger partial charge on any atom is 0.123 e. The standard InChI is InChI=1S/C16H20N2O/c1-11-7-8-15(19-3)13(10-11)16(17)12(2)14-6-4-5-9-18-14/h4-10,12,16H,17H2,1-3H3. The Morgan fingerprint density at radius 3 is 2.63 bits per heavy atom. The first-order valence-electron chi connectivity index (χ1n) is 6.44. The number of hydrogen-bond acceptors (Lipinski definition) is 3. The van der Waals surface area contributed by atoms with Gasteiger partial charge in [0.1, 0.15) is 5.75 Å². The maximum absolute atomic E-state index is 6.40. The lowest BCUT2D eigenvalue weighted by molar-refractivity contribution is 0.401. The fraction of sp³-hybridized carbons (Fsp3) is 0.312. The topological polar surface area (TPSA) is 48.1 Å². The molecule has 2 N–H and O–H groups in total. The lowest BCUT2D eigenvalue weighted by Gasteiger charge is -2.22.